The van der Waals surface area contributed by atoms with Gasteiger partial charge in [0.25, 0.3) is 0 Å². The SMILES string of the molecule is CCCCc1ccc(NC2CCOC3(CCC3)C2)cc1. The number of rotatable bonds is 5. The zero-order valence-electron chi connectivity index (χ0n) is 12.7. The van der Waals surface area contributed by atoms with Crippen LogP contribution >= 0.6 is 0 Å². The van der Waals surface area contributed by atoms with Crippen molar-refractivity contribution >= 4 is 5.69 Å². The number of unbranched alkanes of at least 4 members (excludes halogenated alkanes) is 1. The van der Waals surface area contributed by atoms with Gasteiger partial charge in [-0.1, -0.05) is 25.5 Å². The molecule has 1 aliphatic heterocycles. The van der Waals surface area contributed by atoms with E-state index in [0.717, 1.165) is 13.0 Å². The van der Waals surface area contributed by atoms with Crippen LogP contribution in [0.4, 0.5) is 5.69 Å². The maximum absolute atomic E-state index is 5.99. The highest BCUT2D eigenvalue weighted by Gasteiger charge is 2.42. The fraction of sp³-hybridized carbons (Fsp3) is 0.667. The molecule has 0 radical (unpaired) electrons. The zero-order chi connectivity index (χ0) is 13.8. The first kappa shape index (κ1) is 13.9. The van der Waals surface area contributed by atoms with Crippen LogP contribution in [0.3, 0.4) is 0 Å². The first-order valence-corrected chi connectivity index (χ1v) is 8.29. The molecule has 1 spiro atoms. The van der Waals surface area contributed by atoms with Crippen molar-refractivity contribution in [2.75, 3.05) is 11.9 Å². The third kappa shape index (κ3) is 3.17. The summed E-state index contributed by atoms with van der Waals surface area (Å²) in [6.07, 6.45) is 9.96. The second-order valence-electron chi connectivity index (χ2n) is 6.52. The van der Waals surface area contributed by atoms with Crippen molar-refractivity contribution in [1.82, 2.24) is 0 Å². The van der Waals surface area contributed by atoms with Crippen molar-refractivity contribution in [2.24, 2.45) is 0 Å². The maximum atomic E-state index is 5.99. The summed E-state index contributed by atoms with van der Waals surface area (Å²) in [4.78, 5) is 0. The Morgan fingerprint density at radius 3 is 2.70 bits per heavy atom. The summed E-state index contributed by atoms with van der Waals surface area (Å²) < 4.78 is 5.99. The third-order valence-corrected chi connectivity index (χ3v) is 4.90. The molecule has 1 N–H and O–H groups in total. The van der Waals surface area contributed by atoms with E-state index in [9.17, 15) is 0 Å². The molecular weight excluding hydrogens is 246 g/mol. The van der Waals surface area contributed by atoms with E-state index in [0.29, 0.717) is 6.04 Å². The summed E-state index contributed by atoms with van der Waals surface area (Å²) in [5, 5.41) is 3.71. The van der Waals surface area contributed by atoms with Gasteiger partial charge < -0.3 is 10.1 Å². The van der Waals surface area contributed by atoms with Crippen molar-refractivity contribution in [3.8, 4) is 0 Å². The molecule has 0 amide bonds. The van der Waals surface area contributed by atoms with Crippen molar-refractivity contribution in [3.63, 3.8) is 0 Å². The lowest BCUT2D eigenvalue weighted by Crippen LogP contribution is -2.48. The molecule has 1 heterocycles. The number of anilines is 1. The number of hydrogen-bond acceptors (Lipinski definition) is 2. The predicted octanol–water partition coefficient (Wildman–Crippen LogP) is 4.54. The Bertz CT molecular complexity index is 422. The fourth-order valence-electron chi connectivity index (χ4n) is 3.45. The second kappa shape index (κ2) is 6.17. The van der Waals surface area contributed by atoms with Crippen LogP contribution in [0.5, 0.6) is 0 Å². The van der Waals surface area contributed by atoms with Gasteiger partial charge in [0.15, 0.2) is 0 Å². The van der Waals surface area contributed by atoms with Crippen LogP contribution in [0.2, 0.25) is 0 Å². The average molecular weight is 273 g/mol. The molecule has 1 unspecified atom stereocenters. The van der Waals surface area contributed by atoms with E-state index >= 15 is 0 Å². The Kier molecular flexibility index (Phi) is 4.30. The van der Waals surface area contributed by atoms with Crippen LogP contribution in [-0.4, -0.2) is 18.2 Å². The summed E-state index contributed by atoms with van der Waals surface area (Å²) in [6.45, 7) is 3.17. The normalized spacial score (nSPS) is 24.4. The first-order valence-electron chi connectivity index (χ1n) is 8.29. The van der Waals surface area contributed by atoms with Crippen molar-refractivity contribution in [3.05, 3.63) is 29.8 Å². The van der Waals surface area contributed by atoms with E-state index in [1.807, 2.05) is 0 Å². The van der Waals surface area contributed by atoms with Gasteiger partial charge in [0.05, 0.1) is 5.60 Å². The Morgan fingerprint density at radius 1 is 1.25 bits per heavy atom. The zero-order valence-corrected chi connectivity index (χ0v) is 12.7. The fourth-order valence-corrected chi connectivity index (χ4v) is 3.45. The molecule has 1 saturated heterocycles. The molecule has 3 rings (SSSR count). The molecule has 2 nitrogen and oxygen atoms in total. The van der Waals surface area contributed by atoms with Crippen LogP contribution < -0.4 is 5.32 Å². The molecule has 1 aromatic carbocycles. The average Bonchev–Trinajstić information content (AvgIpc) is 2.45. The first-order chi connectivity index (χ1) is 9.80. The minimum absolute atomic E-state index is 0.233. The largest absolute Gasteiger partial charge is 0.382 e. The maximum Gasteiger partial charge on any atom is 0.0702 e. The van der Waals surface area contributed by atoms with Crippen molar-refractivity contribution in [2.45, 2.75) is 69.9 Å². The van der Waals surface area contributed by atoms with Crippen LogP contribution in [0.1, 0.15) is 57.4 Å². The van der Waals surface area contributed by atoms with Gasteiger partial charge in [-0.3, -0.25) is 0 Å². The molecule has 0 aromatic heterocycles. The lowest BCUT2D eigenvalue weighted by Gasteiger charge is -2.47. The smallest absolute Gasteiger partial charge is 0.0702 e. The number of aryl methyl sites for hydroxylation is 1. The molecule has 1 saturated carbocycles. The van der Waals surface area contributed by atoms with Crippen molar-refractivity contribution < 1.29 is 4.74 Å². The molecular formula is C18H27NO. The minimum Gasteiger partial charge on any atom is -0.382 e. The molecule has 2 fully saturated rings. The summed E-state index contributed by atoms with van der Waals surface area (Å²) in [5.41, 5.74) is 2.96. The number of ether oxygens (including phenoxy) is 1. The molecule has 2 aliphatic rings. The van der Waals surface area contributed by atoms with Gasteiger partial charge in [-0.2, -0.15) is 0 Å². The van der Waals surface area contributed by atoms with Crippen LogP contribution in [0.25, 0.3) is 0 Å². The topological polar surface area (TPSA) is 21.3 Å². The summed E-state index contributed by atoms with van der Waals surface area (Å²) >= 11 is 0. The summed E-state index contributed by atoms with van der Waals surface area (Å²) in [7, 11) is 0. The lowest BCUT2D eigenvalue weighted by atomic mass is 9.74. The van der Waals surface area contributed by atoms with Gasteiger partial charge in [0.2, 0.25) is 0 Å². The third-order valence-electron chi connectivity index (χ3n) is 4.90. The quantitative estimate of drug-likeness (QED) is 0.850. The highest BCUT2D eigenvalue weighted by molar-refractivity contribution is 5.45. The molecule has 1 aromatic rings. The van der Waals surface area contributed by atoms with E-state index in [2.05, 4.69) is 36.5 Å². The monoisotopic (exact) mass is 273 g/mol. The molecule has 1 atom stereocenters. The highest BCUT2D eigenvalue weighted by Crippen LogP contribution is 2.42. The van der Waals surface area contributed by atoms with Gasteiger partial charge in [0.1, 0.15) is 0 Å². The van der Waals surface area contributed by atoms with E-state index < -0.39 is 0 Å². The Labute approximate surface area is 122 Å². The lowest BCUT2D eigenvalue weighted by molar-refractivity contribution is -0.130. The van der Waals surface area contributed by atoms with Gasteiger partial charge in [-0.15, -0.1) is 0 Å². The van der Waals surface area contributed by atoms with E-state index in [1.54, 1.807) is 0 Å². The van der Waals surface area contributed by atoms with E-state index in [1.165, 1.54) is 56.2 Å². The van der Waals surface area contributed by atoms with Gasteiger partial charge in [0, 0.05) is 18.3 Å². The van der Waals surface area contributed by atoms with Gasteiger partial charge in [-0.05, 0) is 62.6 Å². The van der Waals surface area contributed by atoms with Gasteiger partial charge in [-0.25, -0.2) is 0 Å². The standard InChI is InChI=1S/C18H27NO/c1-2-3-5-15-6-8-16(9-7-15)19-17-10-13-20-18(14-17)11-4-12-18/h6-9,17,19H,2-5,10-14H2,1H3. The summed E-state index contributed by atoms with van der Waals surface area (Å²) in [5.74, 6) is 0. The Balaban J connectivity index is 1.54. The minimum atomic E-state index is 0.233. The van der Waals surface area contributed by atoms with E-state index in [4.69, 9.17) is 4.74 Å². The van der Waals surface area contributed by atoms with Crippen molar-refractivity contribution in [1.29, 1.82) is 0 Å². The molecule has 20 heavy (non-hydrogen) atoms. The van der Waals surface area contributed by atoms with Crippen LogP contribution in [0, 0.1) is 0 Å². The number of benzene rings is 1. The second-order valence-corrected chi connectivity index (χ2v) is 6.52. The highest BCUT2D eigenvalue weighted by atomic mass is 16.5. The molecule has 110 valence electrons. The molecule has 2 heteroatoms. The van der Waals surface area contributed by atoms with Crippen LogP contribution in [-0.2, 0) is 11.2 Å². The van der Waals surface area contributed by atoms with Gasteiger partial charge >= 0.3 is 0 Å². The Hall–Kier alpha value is -1.02. The van der Waals surface area contributed by atoms with E-state index in [-0.39, 0.29) is 5.60 Å². The predicted molar refractivity (Wildman–Crippen MR) is 84.2 cm³/mol. The molecule has 1 aliphatic carbocycles. The Morgan fingerprint density at radius 2 is 2.05 bits per heavy atom. The summed E-state index contributed by atoms with van der Waals surface area (Å²) in [6, 6.07) is 9.62. The number of nitrogens with one attached hydrogen (secondary N) is 1. The number of hydrogen-bond donors (Lipinski definition) is 1. The van der Waals surface area contributed by atoms with Crippen LogP contribution in [0.15, 0.2) is 24.3 Å². The molecule has 0 bridgehead atoms.